The van der Waals surface area contributed by atoms with Crippen molar-refractivity contribution in [3.8, 4) is 11.4 Å². The molecule has 4 rings (SSSR count). The first-order chi connectivity index (χ1) is 17.5. The Morgan fingerprint density at radius 1 is 1.22 bits per heavy atom. The number of unbranched alkanes of at least 4 members (excludes halogenated alkanes) is 1. The van der Waals surface area contributed by atoms with Crippen LogP contribution in [0.15, 0.2) is 29.1 Å². The molecule has 2 N–H and O–H groups in total. The fourth-order valence-electron chi connectivity index (χ4n) is 4.99. The maximum absolute atomic E-state index is 13.7. The number of β-amino-alcohol motifs (C(OH)–C–C–N with tert-alkyl or cyclic N) is 1. The number of aliphatic hydroxyl groups is 1. The van der Waals surface area contributed by atoms with E-state index in [0.717, 1.165) is 24.8 Å². The van der Waals surface area contributed by atoms with Gasteiger partial charge < -0.3 is 19.7 Å². The molecule has 1 aromatic heterocycles. The number of carbonyl (C=O) groups is 2. The van der Waals surface area contributed by atoms with Gasteiger partial charge in [-0.25, -0.2) is 9.78 Å². The Morgan fingerprint density at radius 2 is 1.92 bits per heavy atom. The number of nitrogens with zero attached hydrogens (tertiary/aromatic N) is 3. The zero-order valence-corrected chi connectivity index (χ0v) is 22.5. The molecule has 0 saturated carbocycles. The summed E-state index contributed by atoms with van der Waals surface area (Å²) in [7, 11) is 0. The van der Waals surface area contributed by atoms with Crippen molar-refractivity contribution >= 4 is 23.6 Å². The minimum Gasteiger partial charge on any atom is -0.444 e. The van der Waals surface area contributed by atoms with Gasteiger partial charge in [-0.2, -0.15) is 0 Å². The third kappa shape index (κ3) is 6.15. The van der Waals surface area contributed by atoms with E-state index >= 15 is 0 Å². The lowest BCUT2D eigenvalue weighted by atomic mass is 9.90. The van der Waals surface area contributed by atoms with Crippen LogP contribution in [0.3, 0.4) is 0 Å². The van der Waals surface area contributed by atoms with Gasteiger partial charge in [0, 0.05) is 29.5 Å². The Morgan fingerprint density at radius 3 is 2.57 bits per heavy atom. The monoisotopic (exact) mass is 530 g/mol. The highest BCUT2D eigenvalue weighted by Gasteiger charge is 2.44. The summed E-state index contributed by atoms with van der Waals surface area (Å²) in [5.41, 5.74) is 0.908. The average Bonchev–Trinajstić information content (AvgIpc) is 3.23. The normalized spacial score (nSPS) is 21.6. The van der Waals surface area contributed by atoms with Gasteiger partial charge in [0.1, 0.15) is 17.5 Å². The summed E-state index contributed by atoms with van der Waals surface area (Å²) in [6.07, 6.45) is 1.34. The number of nitrogens with one attached hydrogen (secondary N) is 1. The number of aliphatic hydroxyl groups excluding tert-OH is 1. The lowest BCUT2D eigenvalue weighted by Crippen LogP contribution is -2.51. The van der Waals surface area contributed by atoms with Crippen molar-refractivity contribution < 1.29 is 19.4 Å². The van der Waals surface area contributed by atoms with E-state index in [-0.39, 0.29) is 36.9 Å². The number of rotatable bonds is 5. The highest BCUT2D eigenvalue weighted by Crippen LogP contribution is 2.32. The molecule has 0 unspecified atom stereocenters. The highest BCUT2D eigenvalue weighted by atomic mass is 35.5. The topological polar surface area (TPSA) is 116 Å². The van der Waals surface area contributed by atoms with E-state index in [1.54, 1.807) is 37.8 Å². The smallest absolute Gasteiger partial charge is 0.411 e. The van der Waals surface area contributed by atoms with Gasteiger partial charge >= 0.3 is 6.09 Å². The Hall–Kier alpha value is -2.91. The van der Waals surface area contributed by atoms with Crippen LogP contribution in [0.1, 0.15) is 70.6 Å². The van der Waals surface area contributed by atoms with Crippen LogP contribution in [0.4, 0.5) is 4.79 Å². The molecule has 0 spiro atoms. The number of ether oxygens (including phenoxy) is 1. The zero-order valence-electron chi connectivity index (χ0n) is 21.8. The fourth-order valence-corrected chi connectivity index (χ4v) is 5.11. The second kappa shape index (κ2) is 10.8. The Balaban J connectivity index is 1.64. The van der Waals surface area contributed by atoms with Gasteiger partial charge in [0.25, 0.3) is 5.56 Å². The van der Waals surface area contributed by atoms with Crippen LogP contribution >= 0.6 is 11.6 Å². The molecule has 3 heterocycles. The molecular formula is C27H35ClN4O5. The van der Waals surface area contributed by atoms with E-state index in [1.165, 1.54) is 4.90 Å². The van der Waals surface area contributed by atoms with E-state index < -0.39 is 23.8 Å². The average molecular weight is 531 g/mol. The number of halogens is 1. The number of likely N-dealkylation sites (tertiary alicyclic amines) is 1. The molecule has 0 aliphatic carbocycles. The standard InChI is InChI=1S/C27H35ClN4O5/c1-5-6-7-17-13-31(25(35)21-12-19(33)14-32(21)26(36)37-27(2,3)4)15-20-22(17)29-23(30-24(20)34)16-8-10-18(28)11-9-16/h8-11,17,19,21,33H,5-7,12-15H2,1-4H3,(H,29,30,34)/t17-,19-,21+/m1/s1. The van der Waals surface area contributed by atoms with Crippen molar-refractivity contribution in [2.24, 2.45) is 0 Å². The first-order valence-corrected chi connectivity index (χ1v) is 13.2. The molecule has 2 amide bonds. The van der Waals surface area contributed by atoms with E-state index in [9.17, 15) is 19.5 Å². The van der Waals surface area contributed by atoms with Gasteiger partial charge in [0.05, 0.1) is 30.5 Å². The van der Waals surface area contributed by atoms with Gasteiger partial charge in [0.15, 0.2) is 0 Å². The predicted molar refractivity (Wildman–Crippen MR) is 140 cm³/mol. The third-order valence-electron chi connectivity index (χ3n) is 6.75. The maximum atomic E-state index is 13.7. The number of hydrogen-bond acceptors (Lipinski definition) is 6. The van der Waals surface area contributed by atoms with Crippen molar-refractivity contribution in [2.75, 3.05) is 13.1 Å². The summed E-state index contributed by atoms with van der Waals surface area (Å²) >= 11 is 6.02. The molecule has 10 heteroatoms. The van der Waals surface area contributed by atoms with Crippen LogP contribution in [-0.2, 0) is 16.1 Å². The Labute approximate surface area is 221 Å². The maximum Gasteiger partial charge on any atom is 0.411 e. The molecule has 2 aromatic rings. The highest BCUT2D eigenvalue weighted by molar-refractivity contribution is 6.30. The quantitative estimate of drug-likeness (QED) is 0.602. The predicted octanol–water partition coefficient (Wildman–Crippen LogP) is 4.08. The van der Waals surface area contributed by atoms with Gasteiger partial charge in [-0.3, -0.25) is 14.5 Å². The lowest BCUT2D eigenvalue weighted by molar-refractivity contribution is -0.137. The lowest BCUT2D eigenvalue weighted by Gasteiger charge is -2.36. The second-order valence-electron chi connectivity index (χ2n) is 10.9. The number of hydrogen-bond donors (Lipinski definition) is 2. The number of H-pyrrole nitrogens is 1. The van der Waals surface area contributed by atoms with Gasteiger partial charge in [-0.1, -0.05) is 31.4 Å². The first kappa shape index (κ1) is 27.1. The molecule has 0 bridgehead atoms. The van der Waals surface area contributed by atoms with E-state index in [2.05, 4.69) is 11.9 Å². The van der Waals surface area contributed by atoms with Crippen LogP contribution in [-0.4, -0.2) is 67.7 Å². The largest absolute Gasteiger partial charge is 0.444 e. The SMILES string of the molecule is CCCC[C@@H]1CN(C(=O)[C@@H]2C[C@@H](O)CN2C(=O)OC(C)(C)C)Cc2c1nc(-c1ccc(Cl)cc1)[nH]c2=O. The second-order valence-corrected chi connectivity index (χ2v) is 11.3. The summed E-state index contributed by atoms with van der Waals surface area (Å²) in [5.74, 6) is 0.0507. The van der Waals surface area contributed by atoms with Gasteiger partial charge in [-0.05, 0) is 51.5 Å². The summed E-state index contributed by atoms with van der Waals surface area (Å²) in [4.78, 5) is 50.4. The molecule has 0 radical (unpaired) electrons. The van der Waals surface area contributed by atoms with Crippen molar-refractivity contribution in [3.05, 3.63) is 50.9 Å². The zero-order chi connectivity index (χ0) is 26.9. The molecule has 2 aliphatic rings. The molecule has 37 heavy (non-hydrogen) atoms. The Bertz CT molecular complexity index is 1210. The summed E-state index contributed by atoms with van der Waals surface area (Å²) in [5, 5.41) is 10.9. The van der Waals surface area contributed by atoms with Gasteiger partial charge in [-0.15, -0.1) is 0 Å². The molecular weight excluding hydrogens is 496 g/mol. The summed E-state index contributed by atoms with van der Waals surface area (Å²) < 4.78 is 5.48. The third-order valence-corrected chi connectivity index (χ3v) is 7.00. The number of carbonyl (C=O) groups excluding carboxylic acids is 2. The number of aromatic nitrogens is 2. The van der Waals surface area contributed by atoms with Crippen molar-refractivity contribution in [3.63, 3.8) is 0 Å². The molecule has 2 aliphatic heterocycles. The summed E-state index contributed by atoms with van der Waals surface area (Å²) in [6, 6.07) is 6.26. The number of fused-ring (bicyclic) bond motifs is 1. The molecule has 1 aromatic carbocycles. The van der Waals surface area contributed by atoms with Crippen LogP contribution in [0, 0.1) is 0 Å². The molecule has 3 atom stereocenters. The number of amides is 2. The van der Waals surface area contributed by atoms with E-state index in [4.69, 9.17) is 21.3 Å². The fraction of sp³-hybridized carbons (Fsp3) is 0.556. The molecule has 1 fully saturated rings. The van der Waals surface area contributed by atoms with Crippen molar-refractivity contribution in [1.82, 2.24) is 19.8 Å². The van der Waals surface area contributed by atoms with Crippen LogP contribution in [0.2, 0.25) is 5.02 Å². The van der Waals surface area contributed by atoms with Crippen LogP contribution in [0.5, 0.6) is 0 Å². The minimum atomic E-state index is -0.849. The molecule has 1 saturated heterocycles. The van der Waals surface area contributed by atoms with Crippen LogP contribution < -0.4 is 5.56 Å². The first-order valence-electron chi connectivity index (χ1n) is 12.8. The number of aromatic amines is 1. The molecule has 200 valence electrons. The van der Waals surface area contributed by atoms with Crippen molar-refractivity contribution in [2.45, 2.75) is 83.6 Å². The van der Waals surface area contributed by atoms with E-state index in [1.807, 2.05) is 12.1 Å². The van der Waals surface area contributed by atoms with Crippen LogP contribution in [0.25, 0.3) is 11.4 Å². The Kier molecular flexibility index (Phi) is 7.94. The minimum absolute atomic E-state index is 0.0294. The summed E-state index contributed by atoms with van der Waals surface area (Å²) in [6.45, 7) is 7.87. The van der Waals surface area contributed by atoms with E-state index in [0.29, 0.717) is 28.6 Å². The van der Waals surface area contributed by atoms with Gasteiger partial charge in [0.2, 0.25) is 5.91 Å². The molecule has 9 nitrogen and oxygen atoms in total. The van der Waals surface area contributed by atoms with Crippen molar-refractivity contribution in [1.29, 1.82) is 0 Å². The number of benzene rings is 1.